The van der Waals surface area contributed by atoms with Gasteiger partial charge in [0.05, 0.1) is 36.9 Å². The van der Waals surface area contributed by atoms with Crippen molar-refractivity contribution in [2.45, 2.75) is 64.2 Å². The fourth-order valence-corrected chi connectivity index (χ4v) is 6.21. The Balaban J connectivity index is 1.32. The van der Waals surface area contributed by atoms with Gasteiger partial charge in [-0.3, -0.25) is 0 Å². The number of para-hydroxylation sites is 1. The summed E-state index contributed by atoms with van der Waals surface area (Å²) in [6, 6.07) is 11.1. The maximum absolute atomic E-state index is 14.8. The molecule has 6 rings (SSSR count). The molecule has 7 heteroatoms. The van der Waals surface area contributed by atoms with Crippen molar-refractivity contribution in [3.05, 3.63) is 76.4 Å². The number of rotatable bonds is 7. The molecule has 2 aromatic carbocycles. The summed E-state index contributed by atoms with van der Waals surface area (Å²) in [7, 11) is 1.26. The van der Waals surface area contributed by atoms with E-state index < -0.39 is 17.5 Å². The predicted molar refractivity (Wildman–Crippen MR) is 135 cm³/mol. The van der Waals surface area contributed by atoms with E-state index in [9.17, 15) is 9.18 Å². The van der Waals surface area contributed by atoms with Gasteiger partial charge >= 0.3 is 5.97 Å². The van der Waals surface area contributed by atoms with Crippen LogP contribution in [0.25, 0.3) is 5.69 Å². The third-order valence-electron chi connectivity index (χ3n) is 8.20. The smallest absolute Gasteiger partial charge is 0.340 e. The van der Waals surface area contributed by atoms with E-state index in [1.54, 1.807) is 6.07 Å². The van der Waals surface area contributed by atoms with Gasteiger partial charge in [0.2, 0.25) is 0 Å². The second-order valence-corrected chi connectivity index (χ2v) is 10.6. The third kappa shape index (κ3) is 3.81. The number of aryl methyl sites for hydroxylation is 2. The van der Waals surface area contributed by atoms with Crippen LogP contribution >= 0.6 is 0 Å². The van der Waals surface area contributed by atoms with Crippen LogP contribution in [0.2, 0.25) is 0 Å². The Morgan fingerprint density at radius 2 is 1.94 bits per heavy atom. The lowest BCUT2D eigenvalue weighted by Gasteiger charge is -2.40. The van der Waals surface area contributed by atoms with Gasteiger partial charge in [-0.05, 0) is 92.7 Å². The minimum Gasteiger partial charge on any atom is -0.465 e. The van der Waals surface area contributed by atoms with Gasteiger partial charge in [0.15, 0.2) is 0 Å². The molecule has 2 heterocycles. The average molecular weight is 490 g/mol. The molecule has 3 fully saturated rings. The molecule has 3 aliphatic rings. The predicted octanol–water partition coefficient (Wildman–Crippen LogP) is 5.83. The molecule has 1 aromatic heterocycles. The van der Waals surface area contributed by atoms with Crippen molar-refractivity contribution in [1.82, 2.24) is 9.78 Å². The van der Waals surface area contributed by atoms with Crippen LogP contribution in [0.3, 0.4) is 0 Å². The van der Waals surface area contributed by atoms with E-state index in [4.69, 9.17) is 14.6 Å². The number of benzene rings is 2. The van der Waals surface area contributed by atoms with Crippen LogP contribution in [0.5, 0.6) is 0 Å². The SMILES string of the molecule is COC(=O)c1ccc(N2C[C@H]3CC[C@]2(OCc2c(C4CC4)cnn2-c2c(C)cccc2C)C3)cc1F. The maximum Gasteiger partial charge on any atom is 0.340 e. The molecule has 2 saturated carbocycles. The first-order valence-electron chi connectivity index (χ1n) is 12.8. The van der Waals surface area contributed by atoms with Crippen LogP contribution in [-0.4, -0.2) is 35.1 Å². The molecule has 0 unspecified atom stereocenters. The minimum absolute atomic E-state index is 0.0489. The Hall–Kier alpha value is -3.19. The normalized spacial score (nSPS) is 22.9. The quantitative estimate of drug-likeness (QED) is 0.391. The van der Waals surface area contributed by atoms with Crippen molar-refractivity contribution in [3.63, 3.8) is 0 Å². The zero-order valence-corrected chi connectivity index (χ0v) is 21.1. The first-order chi connectivity index (χ1) is 17.4. The molecule has 2 bridgehead atoms. The molecule has 0 radical (unpaired) electrons. The molecular weight excluding hydrogens is 457 g/mol. The standard InChI is InChI=1S/C29H32FN3O3/c1-18-5-4-6-19(2)27(18)33-26(24(15-31-33)21-7-8-21)17-36-29-12-11-20(14-29)16-32(29)22-9-10-23(25(30)13-22)28(34)35-3/h4-6,9-10,13,15,20-21H,7-8,11-12,14,16-17H2,1-3H3/t20-,29-/m0/s1. The number of fused-ring (bicyclic) bond motifs is 2. The van der Waals surface area contributed by atoms with Crippen molar-refractivity contribution in [3.8, 4) is 5.69 Å². The Bertz CT molecular complexity index is 1310. The molecule has 1 aliphatic heterocycles. The molecule has 2 aliphatic carbocycles. The topological polar surface area (TPSA) is 56.6 Å². The highest BCUT2D eigenvalue weighted by molar-refractivity contribution is 5.90. The number of ether oxygens (including phenoxy) is 2. The molecule has 0 amide bonds. The van der Waals surface area contributed by atoms with E-state index in [0.29, 0.717) is 18.4 Å². The van der Waals surface area contributed by atoms with Gasteiger partial charge in [0.25, 0.3) is 0 Å². The fraction of sp³-hybridized carbons (Fsp3) is 0.448. The summed E-state index contributed by atoms with van der Waals surface area (Å²) in [5, 5.41) is 4.83. The lowest BCUT2D eigenvalue weighted by atomic mass is 10.1. The molecule has 36 heavy (non-hydrogen) atoms. The van der Waals surface area contributed by atoms with E-state index in [1.807, 2.05) is 6.20 Å². The van der Waals surface area contributed by atoms with Gasteiger partial charge in [-0.2, -0.15) is 5.10 Å². The number of piperidine rings is 1. The van der Waals surface area contributed by atoms with Crippen LogP contribution < -0.4 is 4.90 Å². The lowest BCUT2D eigenvalue weighted by molar-refractivity contribution is -0.0471. The number of hydrogen-bond acceptors (Lipinski definition) is 5. The molecule has 1 saturated heterocycles. The van der Waals surface area contributed by atoms with Crippen LogP contribution in [0.15, 0.2) is 42.6 Å². The summed E-state index contributed by atoms with van der Waals surface area (Å²) in [6.07, 6.45) is 7.32. The van der Waals surface area contributed by atoms with E-state index in [1.165, 1.54) is 48.8 Å². The zero-order valence-electron chi connectivity index (χ0n) is 21.1. The molecule has 2 atom stereocenters. The molecule has 0 spiro atoms. The summed E-state index contributed by atoms with van der Waals surface area (Å²) >= 11 is 0. The summed E-state index contributed by atoms with van der Waals surface area (Å²) in [5.74, 6) is -0.170. The largest absolute Gasteiger partial charge is 0.465 e. The highest BCUT2D eigenvalue weighted by atomic mass is 19.1. The van der Waals surface area contributed by atoms with Crippen molar-refractivity contribution in [1.29, 1.82) is 0 Å². The summed E-state index contributed by atoms with van der Waals surface area (Å²) < 4.78 is 28.4. The van der Waals surface area contributed by atoms with Crippen LogP contribution in [-0.2, 0) is 16.1 Å². The number of anilines is 1. The van der Waals surface area contributed by atoms with Gasteiger partial charge < -0.3 is 14.4 Å². The summed E-state index contributed by atoms with van der Waals surface area (Å²) in [4.78, 5) is 14.1. The van der Waals surface area contributed by atoms with Gasteiger partial charge in [-0.25, -0.2) is 13.9 Å². The van der Waals surface area contributed by atoms with Crippen molar-refractivity contribution in [2.75, 3.05) is 18.6 Å². The Kier molecular flexibility index (Phi) is 5.63. The second-order valence-electron chi connectivity index (χ2n) is 10.6. The number of nitrogens with zero attached hydrogens (tertiary/aromatic N) is 3. The van der Waals surface area contributed by atoms with Crippen molar-refractivity contribution < 1.29 is 18.7 Å². The highest BCUT2D eigenvalue weighted by Gasteiger charge is 2.52. The molecule has 6 nitrogen and oxygen atoms in total. The van der Waals surface area contributed by atoms with E-state index in [-0.39, 0.29) is 5.56 Å². The second kappa shape index (κ2) is 8.73. The van der Waals surface area contributed by atoms with Crippen molar-refractivity contribution in [2.24, 2.45) is 5.92 Å². The van der Waals surface area contributed by atoms with Crippen LogP contribution in [0.1, 0.15) is 70.8 Å². The molecule has 3 aromatic rings. The first-order valence-corrected chi connectivity index (χ1v) is 12.8. The summed E-state index contributed by atoms with van der Waals surface area (Å²) in [5.41, 5.74) is 6.09. The molecule has 188 valence electrons. The third-order valence-corrected chi connectivity index (χ3v) is 8.20. The highest BCUT2D eigenvalue weighted by Crippen LogP contribution is 2.50. The van der Waals surface area contributed by atoms with Crippen LogP contribution in [0, 0.1) is 25.6 Å². The van der Waals surface area contributed by atoms with Gasteiger partial charge in [0.1, 0.15) is 11.5 Å². The van der Waals surface area contributed by atoms with E-state index in [2.05, 4.69) is 41.6 Å². The maximum atomic E-state index is 14.8. The Morgan fingerprint density at radius 3 is 2.61 bits per heavy atom. The monoisotopic (exact) mass is 489 g/mol. The first kappa shape index (κ1) is 23.2. The van der Waals surface area contributed by atoms with Gasteiger partial charge in [-0.15, -0.1) is 0 Å². The molecular formula is C29H32FN3O3. The summed E-state index contributed by atoms with van der Waals surface area (Å²) in [6.45, 7) is 5.52. The Morgan fingerprint density at radius 1 is 1.17 bits per heavy atom. The minimum atomic E-state index is -0.666. The average Bonchev–Trinajstić information content (AvgIpc) is 3.35. The van der Waals surface area contributed by atoms with E-state index >= 15 is 0 Å². The van der Waals surface area contributed by atoms with Gasteiger partial charge in [0, 0.05) is 12.2 Å². The van der Waals surface area contributed by atoms with Crippen molar-refractivity contribution >= 4 is 11.7 Å². The number of hydrogen-bond donors (Lipinski definition) is 0. The molecule has 0 N–H and O–H groups in total. The Labute approximate surface area is 211 Å². The number of methoxy groups -OCH3 is 1. The number of halogens is 1. The van der Waals surface area contributed by atoms with Crippen LogP contribution in [0.4, 0.5) is 10.1 Å². The lowest BCUT2D eigenvalue weighted by Crippen LogP contribution is -2.47. The number of carbonyl (C=O) groups is 1. The zero-order chi connectivity index (χ0) is 25.0. The van der Waals surface area contributed by atoms with Gasteiger partial charge in [-0.1, -0.05) is 18.2 Å². The number of carbonyl (C=O) groups excluding carboxylic acids is 1. The fourth-order valence-electron chi connectivity index (χ4n) is 6.21. The number of esters is 1. The van der Waals surface area contributed by atoms with E-state index in [0.717, 1.165) is 42.9 Å². The number of aromatic nitrogens is 2.